The van der Waals surface area contributed by atoms with Crippen LogP contribution in [0.5, 0.6) is 5.75 Å². The summed E-state index contributed by atoms with van der Waals surface area (Å²) in [5, 5.41) is 3.02. The van der Waals surface area contributed by atoms with Gasteiger partial charge in [0, 0.05) is 6.42 Å². The van der Waals surface area contributed by atoms with E-state index >= 15 is 0 Å². The first-order valence-corrected chi connectivity index (χ1v) is 7.68. The highest BCUT2D eigenvalue weighted by atomic mass is 16.5. The summed E-state index contributed by atoms with van der Waals surface area (Å²) < 4.78 is 5.68. The molecule has 1 aromatic carbocycles. The van der Waals surface area contributed by atoms with E-state index in [4.69, 9.17) is 10.5 Å². The van der Waals surface area contributed by atoms with Crippen LogP contribution in [0.3, 0.4) is 0 Å². The standard InChI is InChI=1S/C17H28N2O2/c1-12(2)21-16-7-5-6-15(10-16)14(4)19-17(20)9-8-13(3)11-18/h5-7,10,12-14H,8-9,11,18H2,1-4H3,(H,19,20). The number of amides is 1. The number of nitrogens with two attached hydrogens (primary N) is 1. The summed E-state index contributed by atoms with van der Waals surface area (Å²) in [6.07, 6.45) is 1.49. The quantitative estimate of drug-likeness (QED) is 0.774. The van der Waals surface area contributed by atoms with E-state index in [1.54, 1.807) is 0 Å². The lowest BCUT2D eigenvalue weighted by Gasteiger charge is -2.17. The molecule has 0 aliphatic heterocycles. The van der Waals surface area contributed by atoms with Gasteiger partial charge in [-0.1, -0.05) is 19.1 Å². The Hall–Kier alpha value is -1.55. The molecule has 0 saturated carbocycles. The normalized spacial score (nSPS) is 13.8. The highest BCUT2D eigenvalue weighted by Crippen LogP contribution is 2.20. The van der Waals surface area contributed by atoms with Crippen LogP contribution in [0.2, 0.25) is 0 Å². The lowest BCUT2D eigenvalue weighted by atomic mass is 10.0. The first kappa shape index (κ1) is 17.5. The Balaban J connectivity index is 2.54. The van der Waals surface area contributed by atoms with Crippen LogP contribution in [0.15, 0.2) is 24.3 Å². The maximum Gasteiger partial charge on any atom is 0.220 e. The second-order valence-electron chi connectivity index (χ2n) is 5.91. The van der Waals surface area contributed by atoms with Crippen LogP contribution in [-0.2, 0) is 4.79 Å². The van der Waals surface area contributed by atoms with E-state index in [1.807, 2.05) is 45.0 Å². The van der Waals surface area contributed by atoms with Gasteiger partial charge in [-0.15, -0.1) is 0 Å². The molecule has 2 unspecified atom stereocenters. The molecular formula is C17H28N2O2. The van der Waals surface area contributed by atoms with Crippen molar-refractivity contribution in [3.8, 4) is 5.75 Å². The molecule has 1 rings (SSSR count). The predicted molar refractivity (Wildman–Crippen MR) is 86.2 cm³/mol. The van der Waals surface area contributed by atoms with Crippen LogP contribution in [0, 0.1) is 5.92 Å². The number of nitrogens with one attached hydrogen (secondary N) is 1. The number of rotatable bonds is 8. The fourth-order valence-electron chi connectivity index (χ4n) is 2.02. The number of ether oxygens (including phenoxy) is 1. The molecule has 0 radical (unpaired) electrons. The first-order chi connectivity index (χ1) is 9.92. The Kier molecular flexibility index (Phi) is 7.23. The second-order valence-corrected chi connectivity index (χ2v) is 5.91. The minimum Gasteiger partial charge on any atom is -0.491 e. The lowest BCUT2D eigenvalue weighted by molar-refractivity contribution is -0.122. The molecule has 1 aromatic rings. The van der Waals surface area contributed by atoms with Crippen molar-refractivity contribution in [2.45, 2.75) is 52.7 Å². The third kappa shape index (κ3) is 6.63. The average Bonchev–Trinajstić information content (AvgIpc) is 2.44. The van der Waals surface area contributed by atoms with Crippen LogP contribution >= 0.6 is 0 Å². The molecule has 3 N–H and O–H groups in total. The summed E-state index contributed by atoms with van der Waals surface area (Å²) in [7, 11) is 0. The van der Waals surface area contributed by atoms with Gasteiger partial charge >= 0.3 is 0 Å². The number of hydrogen-bond donors (Lipinski definition) is 2. The van der Waals surface area contributed by atoms with Crippen LogP contribution < -0.4 is 15.8 Å². The van der Waals surface area contributed by atoms with Crippen molar-refractivity contribution in [3.63, 3.8) is 0 Å². The molecule has 2 atom stereocenters. The smallest absolute Gasteiger partial charge is 0.220 e. The minimum atomic E-state index is -0.0265. The Morgan fingerprint density at radius 3 is 2.62 bits per heavy atom. The molecule has 118 valence electrons. The van der Waals surface area contributed by atoms with E-state index in [2.05, 4.69) is 12.2 Å². The van der Waals surface area contributed by atoms with E-state index in [0.29, 0.717) is 18.9 Å². The largest absolute Gasteiger partial charge is 0.491 e. The molecule has 0 aliphatic rings. The fraction of sp³-hybridized carbons (Fsp3) is 0.588. The molecule has 21 heavy (non-hydrogen) atoms. The van der Waals surface area contributed by atoms with E-state index in [0.717, 1.165) is 17.7 Å². The monoisotopic (exact) mass is 292 g/mol. The molecule has 0 heterocycles. The fourth-order valence-corrected chi connectivity index (χ4v) is 2.02. The topological polar surface area (TPSA) is 64.4 Å². The Bertz CT molecular complexity index is 446. The Morgan fingerprint density at radius 1 is 1.29 bits per heavy atom. The Morgan fingerprint density at radius 2 is 2.00 bits per heavy atom. The van der Waals surface area contributed by atoms with Gasteiger partial charge in [0.2, 0.25) is 5.91 Å². The summed E-state index contributed by atoms with van der Waals surface area (Å²) >= 11 is 0. The van der Waals surface area contributed by atoms with E-state index in [1.165, 1.54) is 0 Å². The highest BCUT2D eigenvalue weighted by Gasteiger charge is 2.11. The van der Waals surface area contributed by atoms with Crippen molar-refractivity contribution in [3.05, 3.63) is 29.8 Å². The van der Waals surface area contributed by atoms with Crippen molar-refractivity contribution < 1.29 is 9.53 Å². The predicted octanol–water partition coefficient (Wildman–Crippen LogP) is 3.03. The van der Waals surface area contributed by atoms with Crippen LogP contribution in [-0.4, -0.2) is 18.6 Å². The van der Waals surface area contributed by atoms with Gasteiger partial charge in [0.15, 0.2) is 0 Å². The van der Waals surface area contributed by atoms with E-state index in [-0.39, 0.29) is 18.1 Å². The molecule has 0 spiro atoms. The van der Waals surface area contributed by atoms with E-state index < -0.39 is 0 Å². The Labute approximate surface area is 128 Å². The summed E-state index contributed by atoms with van der Waals surface area (Å²) in [6, 6.07) is 7.84. The second kappa shape index (κ2) is 8.67. The minimum absolute atomic E-state index is 0.0265. The molecule has 0 fully saturated rings. The van der Waals surface area contributed by atoms with Crippen LogP contribution in [0.25, 0.3) is 0 Å². The number of hydrogen-bond acceptors (Lipinski definition) is 3. The molecule has 4 heteroatoms. The van der Waals surface area contributed by atoms with Gasteiger partial charge in [-0.05, 0) is 57.4 Å². The molecule has 0 bridgehead atoms. The van der Waals surface area contributed by atoms with Gasteiger partial charge < -0.3 is 15.8 Å². The molecular weight excluding hydrogens is 264 g/mol. The lowest BCUT2D eigenvalue weighted by Crippen LogP contribution is -2.27. The third-order valence-electron chi connectivity index (χ3n) is 3.37. The number of carbonyl (C=O) groups is 1. The number of carbonyl (C=O) groups excluding carboxylic acids is 1. The summed E-state index contributed by atoms with van der Waals surface area (Å²) in [4.78, 5) is 11.9. The van der Waals surface area contributed by atoms with Gasteiger partial charge in [0.05, 0.1) is 12.1 Å². The van der Waals surface area contributed by atoms with Crippen molar-refractivity contribution in [1.29, 1.82) is 0 Å². The summed E-state index contributed by atoms with van der Waals surface area (Å²) in [6.45, 7) is 8.66. The van der Waals surface area contributed by atoms with Crippen molar-refractivity contribution >= 4 is 5.91 Å². The van der Waals surface area contributed by atoms with Gasteiger partial charge in [0.1, 0.15) is 5.75 Å². The third-order valence-corrected chi connectivity index (χ3v) is 3.37. The van der Waals surface area contributed by atoms with Crippen LogP contribution in [0.1, 0.15) is 52.1 Å². The molecule has 4 nitrogen and oxygen atoms in total. The van der Waals surface area contributed by atoms with E-state index in [9.17, 15) is 4.79 Å². The highest BCUT2D eigenvalue weighted by molar-refractivity contribution is 5.76. The average molecular weight is 292 g/mol. The maximum atomic E-state index is 11.9. The summed E-state index contributed by atoms with van der Waals surface area (Å²) in [5.41, 5.74) is 6.61. The summed E-state index contributed by atoms with van der Waals surface area (Å²) in [5.74, 6) is 1.28. The maximum absolute atomic E-state index is 11.9. The molecule has 0 saturated heterocycles. The first-order valence-electron chi connectivity index (χ1n) is 7.68. The van der Waals surface area contributed by atoms with Gasteiger partial charge in [-0.2, -0.15) is 0 Å². The van der Waals surface area contributed by atoms with Crippen molar-refractivity contribution in [2.75, 3.05) is 6.54 Å². The SMILES string of the molecule is CC(CN)CCC(=O)NC(C)c1cccc(OC(C)C)c1. The van der Waals surface area contributed by atoms with Crippen LogP contribution in [0.4, 0.5) is 0 Å². The molecule has 0 aliphatic carbocycles. The van der Waals surface area contributed by atoms with Gasteiger partial charge in [0.25, 0.3) is 0 Å². The zero-order chi connectivity index (χ0) is 15.8. The van der Waals surface area contributed by atoms with Crippen molar-refractivity contribution in [2.24, 2.45) is 11.7 Å². The van der Waals surface area contributed by atoms with Crippen molar-refractivity contribution in [1.82, 2.24) is 5.32 Å². The number of benzene rings is 1. The van der Waals surface area contributed by atoms with Gasteiger partial charge in [-0.25, -0.2) is 0 Å². The van der Waals surface area contributed by atoms with Gasteiger partial charge in [-0.3, -0.25) is 4.79 Å². The molecule has 0 aromatic heterocycles. The zero-order valence-electron chi connectivity index (χ0n) is 13.6. The molecule has 1 amide bonds. The zero-order valence-corrected chi connectivity index (χ0v) is 13.6.